The van der Waals surface area contributed by atoms with Crippen LogP contribution in [0.15, 0.2) is 29.4 Å². The molecule has 1 N–H and O–H groups in total. The monoisotopic (exact) mass is 260 g/mol. The summed E-state index contributed by atoms with van der Waals surface area (Å²) in [6, 6.07) is 8.21. The van der Waals surface area contributed by atoms with Crippen LogP contribution in [-0.4, -0.2) is 12.1 Å². The van der Waals surface area contributed by atoms with Crippen molar-refractivity contribution in [3.05, 3.63) is 35.4 Å². The van der Waals surface area contributed by atoms with Gasteiger partial charge < -0.3 is 0 Å². The number of amides is 1. The Morgan fingerprint density at radius 2 is 1.84 bits per heavy atom. The highest BCUT2D eigenvalue weighted by Gasteiger charge is 2.12. The van der Waals surface area contributed by atoms with E-state index in [4.69, 9.17) is 0 Å². The zero-order valence-corrected chi connectivity index (χ0v) is 12.5. The highest BCUT2D eigenvalue weighted by Crippen LogP contribution is 2.21. The molecule has 0 fully saturated rings. The lowest BCUT2D eigenvalue weighted by atomic mass is 9.87. The van der Waals surface area contributed by atoms with Gasteiger partial charge in [-0.25, -0.2) is 5.43 Å². The quantitative estimate of drug-likeness (QED) is 0.653. The molecule has 19 heavy (non-hydrogen) atoms. The van der Waals surface area contributed by atoms with Gasteiger partial charge in [-0.1, -0.05) is 58.9 Å². The van der Waals surface area contributed by atoms with Crippen molar-refractivity contribution < 1.29 is 4.79 Å². The van der Waals surface area contributed by atoms with Gasteiger partial charge in [0.25, 0.3) is 0 Å². The standard InChI is InChI=1S/C16H24N2O/c1-12(2)10-15(19)18-17-11-13-6-8-14(9-7-13)16(3,4)5/h6-9,11-12H,10H2,1-5H3,(H,18,19). The van der Waals surface area contributed by atoms with Gasteiger partial charge >= 0.3 is 0 Å². The molecule has 0 aliphatic heterocycles. The van der Waals surface area contributed by atoms with Crippen LogP contribution in [0, 0.1) is 5.92 Å². The lowest BCUT2D eigenvalue weighted by Gasteiger charge is -2.18. The van der Waals surface area contributed by atoms with E-state index < -0.39 is 0 Å². The topological polar surface area (TPSA) is 41.5 Å². The second kappa shape index (κ2) is 6.50. The zero-order valence-electron chi connectivity index (χ0n) is 12.5. The predicted octanol–water partition coefficient (Wildman–Crippen LogP) is 3.48. The van der Waals surface area contributed by atoms with E-state index in [1.165, 1.54) is 5.56 Å². The Hall–Kier alpha value is -1.64. The number of rotatable bonds is 4. The lowest BCUT2D eigenvalue weighted by molar-refractivity contribution is -0.121. The van der Waals surface area contributed by atoms with Crippen molar-refractivity contribution in [1.29, 1.82) is 0 Å². The van der Waals surface area contributed by atoms with E-state index in [0.717, 1.165) is 5.56 Å². The summed E-state index contributed by atoms with van der Waals surface area (Å²) in [5, 5.41) is 3.96. The number of carbonyl (C=O) groups excluding carboxylic acids is 1. The first kappa shape index (κ1) is 15.4. The number of carbonyl (C=O) groups is 1. The minimum atomic E-state index is -0.0439. The average Bonchev–Trinajstić information content (AvgIpc) is 2.27. The summed E-state index contributed by atoms with van der Waals surface area (Å²) in [4.78, 5) is 11.4. The Labute approximate surface area is 116 Å². The van der Waals surface area contributed by atoms with E-state index >= 15 is 0 Å². The number of nitrogens with one attached hydrogen (secondary N) is 1. The zero-order chi connectivity index (χ0) is 14.5. The molecule has 0 atom stereocenters. The molecule has 1 amide bonds. The van der Waals surface area contributed by atoms with Crippen molar-refractivity contribution in [3.8, 4) is 0 Å². The summed E-state index contributed by atoms with van der Waals surface area (Å²) in [6.07, 6.45) is 2.17. The van der Waals surface area contributed by atoms with Gasteiger partial charge in [0, 0.05) is 6.42 Å². The third-order valence-corrected chi connectivity index (χ3v) is 2.77. The van der Waals surface area contributed by atoms with E-state index in [1.807, 2.05) is 26.0 Å². The fourth-order valence-corrected chi connectivity index (χ4v) is 1.66. The Morgan fingerprint density at radius 1 is 1.26 bits per heavy atom. The van der Waals surface area contributed by atoms with Gasteiger partial charge in [0.1, 0.15) is 0 Å². The van der Waals surface area contributed by atoms with Crippen LogP contribution < -0.4 is 5.43 Å². The molecule has 0 unspecified atom stereocenters. The van der Waals surface area contributed by atoms with E-state index in [9.17, 15) is 4.79 Å². The molecule has 0 spiro atoms. The minimum Gasteiger partial charge on any atom is -0.273 e. The maximum absolute atomic E-state index is 11.4. The molecule has 1 rings (SSSR count). The fraction of sp³-hybridized carbons (Fsp3) is 0.500. The minimum absolute atomic E-state index is 0.0439. The first-order valence-corrected chi connectivity index (χ1v) is 6.71. The molecule has 0 saturated heterocycles. The van der Waals surface area contributed by atoms with Crippen LogP contribution in [0.4, 0.5) is 0 Å². The first-order chi connectivity index (χ1) is 8.79. The predicted molar refractivity (Wildman–Crippen MR) is 80.3 cm³/mol. The SMILES string of the molecule is CC(C)CC(=O)NN=Cc1ccc(C(C)(C)C)cc1. The molecule has 0 aromatic heterocycles. The molecule has 0 heterocycles. The third-order valence-electron chi connectivity index (χ3n) is 2.77. The van der Waals surface area contributed by atoms with Crippen LogP contribution in [-0.2, 0) is 10.2 Å². The van der Waals surface area contributed by atoms with Crippen LogP contribution in [0.25, 0.3) is 0 Å². The number of hydrogen-bond donors (Lipinski definition) is 1. The van der Waals surface area contributed by atoms with Crippen molar-refractivity contribution in [1.82, 2.24) is 5.43 Å². The van der Waals surface area contributed by atoms with Crippen molar-refractivity contribution in [2.45, 2.75) is 46.5 Å². The molecule has 1 aromatic carbocycles. The lowest BCUT2D eigenvalue weighted by Crippen LogP contribution is -2.19. The van der Waals surface area contributed by atoms with Gasteiger partial charge in [0.15, 0.2) is 0 Å². The summed E-state index contributed by atoms with van der Waals surface area (Å²) in [5.41, 5.74) is 4.96. The van der Waals surface area contributed by atoms with Gasteiger partial charge in [-0.05, 0) is 22.5 Å². The second-order valence-corrected chi connectivity index (χ2v) is 6.26. The highest BCUT2D eigenvalue weighted by molar-refractivity contribution is 5.82. The Bertz CT molecular complexity index is 439. The number of benzene rings is 1. The Morgan fingerprint density at radius 3 is 2.32 bits per heavy atom. The van der Waals surface area contributed by atoms with Gasteiger partial charge in [-0.15, -0.1) is 0 Å². The van der Waals surface area contributed by atoms with Crippen molar-refractivity contribution >= 4 is 12.1 Å². The molecule has 3 nitrogen and oxygen atoms in total. The molecule has 1 aromatic rings. The highest BCUT2D eigenvalue weighted by atomic mass is 16.2. The van der Waals surface area contributed by atoms with Crippen molar-refractivity contribution in [3.63, 3.8) is 0 Å². The summed E-state index contributed by atoms with van der Waals surface area (Å²) in [7, 11) is 0. The van der Waals surface area contributed by atoms with E-state index in [0.29, 0.717) is 12.3 Å². The van der Waals surface area contributed by atoms with Crippen LogP contribution in [0.5, 0.6) is 0 Å². The van der Waals surface area contributed by atoms with E-state index in [1.54, 1.807) is 6.21 Å². The van der Waals surface area contributed by atoms with Gasteiger partial charge in [0.2, 0.25) is 5.91 Å². The number of hydrazone groups is 1. The smallest absolute Gasteiger partial charge is 0.240 e. The second-order valence-electron chi connectivity index (χ2n) is 6.26. The maximum Gasteiger partial charge on any atom is 0.240 e. The third kappa shape index (κ3) is 5.69. The van der Waals surface area contributed by atoms with Gasteiger partial charge in [0.05, 0.1) is 6.21 Å². The van der Waals surface area contributed by atoms with Crippen LogP contribution in [0.1, 0.15) is 52.2 Å². The van der Waals surface area contributed by atoms with Crippen LogP contribution in [0.3, 0.4) is 0 Å². The Balaban J connectivity index is 2.56. The molecule has 3 heteroatoms. The van der Waals surface area contributed by atoms with Crippen molar-refractivity contribution in [2.75, 3.05) is 0 Å². The number of nitrogens with zero attached hydrogens (tertiary/aromatic N) is 1. The maximum atomic E-state index is 11.4. The normalized spacial score (nSPS) is 12.1. The first-order valence-electron chi connectivity index (χ1n) is 6.71. The van der Waals surface area contributed by atoms with Crippen LogP contribution >= 0.6 is 0 Å². The molecule has 0 aliphatic carbocycles. The van der Waals surface area contributed by atoms with E-state index in [2.05, 4.69) is 43.4 Å². The largest absolute Gasteiger partial charge is 0.273 e. The van der Waals surface area contributed by atoms with Gasteiger partial charge in [-0.2, -0.15) is 5.10 Å². The molecule has 0 saturated carbocycles. The molecular weight excluding hydrogens is 236 g/mol. The van der Waals surface area contributed by atoms with Gasteiger partial charge in [-0.3, -0.25) is 4.79 Å². The summed E-state index contributed by atoms with van der Waals surface area (Å²) in [6.45, 7) is 10.6. The fourth-order valence-electron chi connectivity index (χ4n) is 1.66. The molecule has 0 radical (unpaired) electrons. The van der Waals surface area contributed by atoms with Crippen LogP contribution in [0.2, 0.25) is 0 Å². The van der Waals surface area contributed by atoms with E-state index in [-0.39, 0.29) is 11.3 Å². The summed E-state index contributed by atoms with van der Waals surface area (Å²) < 4.78 is 0. The molecule has 104 valence electrons. The summed E-state index contributed by atoms with van der Waals surface area (Å²) in [5.74, 6) is 0.304. The Kier molecular flexibility index (Phi) is 5.28. The molecule has 0 bridgehead atoms. The van der Waals surface area contributed by atoms with Crippen molar-refractivity contribution in [2.24, 2.45) is 11.0 Å². The summed E-state index contributed by atoms with van der Waals surface area (Å²) >= 11 is 0. The average molecular weight is 260 g/mol. The molecular formula is C16H24N2O. The number of hydrogen-bond acceptors (Lipinski definition) is 2. The molecule has 0 aliphatic rings.